The number of rotatable bonds is 3. The molecule has 0 saturated carbocycles. The van der Waals surface area contributed by atoms with E-state index in [1.165, 1.54) is 6.07 Å². The second-order valence-corrected chi connectivity index (χ2v) is 7.99. The summed E-state index contributed by atoms with van der Waals surface area (Å²) < 4.78 is 10.4. The van der Waals surface area contributed by atoms with Crippen LogP contribution in [-0.2, 0) is 15.9 Å². The van der Waals surface area contributed by atoms with E-state index in [2.05, 4.69) is 5.32 Å². The minimum atomic E-state index is -0.844. The van der Waals surface area contributed by atoms with Crippen molar-refractivity contribution in [3.05, 3.63) is 29.8 Å². The van der Waals surface area contributed by atoms with E-state index in [0.717, 1.165) is 4.90 Å². The minimum Gasteiger partial charge on any atom is -0.508 e. The van der Waals surface area contributed by atoms with Gasteiger partial charge in [0.25, 0.3) is 0 Å². The van der Waals surface area contributed by atoms with Crippen molar-refractivity contribution in [2.75, 3.05) is 6.54 Å². The maximum atomic E-state index is 12.5. The maximum Gasteiger partial charge on any atom is 0.417 e. The van der Waals surface area contributed by atoms with Crippen LogP contribution in [0.5, 0.6) is 5.75 Å². The van der Waals surface area contributed by atoms with Gasteiger partial charge in [-0.15, -0.1) is 0 Å². The number of carbonyl (C=O) groups is 2. The fourth-order valence-electron chi connectivity index (χ4n) is 2.03. The van der Waals surface area contributed by atoms with Gasteiger partial charge in [-0.1, -0.05) is 18.2 Å². The van der Waals surface area contributed by atoms with Gasteiger partial charge in [0.2, 0.25) is 5.96 Å². The molecular formula is C19H29N3O5. The normalized spacial score (nSPS) is 11.5. The van der Waals surface area contributed by atoms with Crippen molar-refractivity contribution in [2.24, 2.45) is 0 Å². The number of carbonyl (C=O) groups excluding carboxylic acids is 2. The van der Waals surface area contributed by atoms with Crippen molar-refractivity contribution < 1.29 is 24.2 Å². The molecule has 0 radical (unpaired) electrons. The summed E-state index contributed by atoms with van der Waals surface area (Å²) in [6, 6.07) is 6.71. The first-order valence-electron chi connectivity index (χ1n) is 8.64. The monoisotopic (exact) mass is 379 g/mol. The van der Waals surface area contributed by atoms with E-state index in [9.17, 15) is 14.7 Å². The van der Waals surface area contributed by atoms with Gasteiger partial charge in [-0.2, -0.15) is 0 Å². The first-order valence-corrected chi connectivity index (χ1v) is 8.64. The smallest absolute Gasteiger partial charge is 0.417 e. The van der Waals surface area contributed by atoms with Crippen LogP contribution < -0.4 is 5.32 Å². The lowest BCUT2D eigenvalue weighted by Crippen LogP contribution is -2.50. The molecule has 0 atom stereocenters. The predicted octanol–water partition coefficient (Wildman–Crippen LogP) is 3.63. The average Bonchev–Trinajstić information content (AvgIpc) is 2.45. The number of hydrogen-bond donors (Lipinski definition) is 3. The Labute approximate surface area is 160 Å². The Bertz CT molecular complexity index is 689. The van der Waals surface area contributed by atoms with E-state index in [-0.39, 0.29) is 18.7 Å². The molecule has 0 aromatic heterocycles. The summed E-state index contributed by atoms with van der Waals surface area (Å²) in [5.41, 5.74) is -0.899. The molecule has 2 amide bonds. The van der Waals surface area contributed by atoms with Crippen LogP contribution in [0.2, 0.25) is 0 Å². The highest BCUT2D eigenvalue weighted by molar-refractivity contribution is 5.99. The lowest BCUT2D eigenvalue weighted by Gasteiger charge is -2.28. The molecule has 3 N–H and O–H groups in total. The van der Waals surface area contributed by atoms with Crippen LogP contribution in [0.4, 0.5) is 9.59 Å². The maximum absolute atomic E-state index is 12.5. The van der Waals surface area contributed by atoms with Gasteiger partial charge in [0.05, 0.1) is 0 Å². The van der Waals surface area contributed by atoms with Crippen molar-refractivity contribution in [1.29, 1.82) is 5.41 Å². The number of phenolic OH excluding ortho intramolecular Hbond substituents is 1. The molecule has 0 fully saturated rings. The van der Waals surface area contributed by atoms with E-state index in [0.29, 0.717) is 5.56 Å². The second kappa shape index (κ2) is 8.75. The molecule has 1 rings (SSSR count). The van der Waals surface area contributed by atoms with Gasteiger partial charge in [-0.05, 0) is 59.6 Å². The molecule has 0 bridgehead atoms. The van der Waals surface area contributed by atoms with Crippen LogP contribution in [0.3, 0.4) is 0 Å². The Morgan fingerprint density at radius 1 is 1.07 bits per heavy atom. The fraction of sp³-hybridized carbons (Fsp3) is 0.526. The third-order valence-electron chi connectivity index (χ3n) is 3.10. The van der Waals surface area contributed by atoms with Crippen LogP contribution >= 0.6 is 0 Å². The summed E-state index contributed by atoms with van der Waals surface area (Å²) in [5, 5.41) is 20.2. The van der Waals surface area contributed by atoms with Crippen LogP contribution in [0.15, 0.2) is 24.3 Å². The summed E-state index contributed by atoms with van der Waals surface area (Å²) >= 11 is 0. The van der Waals surface area contributed by atoms with Crippen LogP contribution in [0, 0.1) is 5.41 Å². The predicted molar refractivity (Wildman–Crippen MR) is 102 cm³/mol. The number of amides is 2. The van der Waals surface area contributed by atoms with Crippen molar-refractivity contribution in [2.45, 2.75) is 59.2 Å². The number of alkyl carbamates (subject to hydrolysis) is 1. The summed E-state index contributed by atoms with van der Waals surface area (Å²) in [6.45, 7) is 10.2. The number of hydrogen-bond acceptors (Lipinski definition) is 6. The van der Waals surface area contributed by atoms with Crippen LogP contribution in [0.1, 0.15) is 47.1 Å². The van der Waals surface area contributed by atoms with E-state index in [1.807, 2.05) is 0 Å². The zero-order chi connectivity index (χ0) is 20.8. The van der Waals surface area contributed by atoms with Crippen molar-refractivity contribution >= 4 is 18.1 Å². The quantitative estimate of drug-likeness (QED) is 0.548. The summed E-state index contributed by atoms with van der Waals surface area (Å²) in [7, 11) is 0. The van der Waals surface area contributed by atoms with Gasteiger partial charge in [-0.3, -0.25) is 10.7 Å². The zero-order valence-electron chi connectivity index (χ0n) is 16.8. The largest absolute Gasteiger partial charge is 0.508 e. The topological polar surface area (TPSA) is 112 Å². The standard InChI is InChI=1S/C19H29N3O5/c1-18(2,3)26-16(24)21-15(20)22(17(25)27-19(4,5)6)12-11-13-9-7-8-10-14(13)23/h7-10,23H,11-12H2,1-6H3,(H2,20,21,24). The molecule has 0 aliphatic rings. The molecule has 1 aromatic carbocycles. The number of aromatic hydroxyl groups is 1. The molecule has 150 valence electrons. The van der Waals surface area contributed by atoms with E-state index < -0.39 is 29.3 Å². The number of nitrogens with one attached hydrogen (secondary N) is 2. The highest BCUT2D eigenvalue weighted by atomic mass is 16.6. The first kappa shape index (κ1) is 22.3. The molecule has 0 saturated heterocycles. The number of para-hydroxylation sites is 1. The van der Waals surface area contributed by atoms with Gasteiger partial charge >= 0.3 is 12.2 Å². The Kier molecular flexibility index (Phi) is 7.21. The third-order valence-corrected chi connectivity index (χ3v) is 3.10. The van der Waals surface area contributed by atoms with Crippen molar-refractivity contribution in [3.63, 3.8) is 0 Å². The Hall–Kier alpha value is -2.77. The van der Waals surface area contributed by atoms with Gasteiger partial charge in [0.1, 0.15) is 17.0 Å². The van der Waals surface area contributed by atoms with E-state index in [4.69, 9.17) is 14.9 Å². The molecule has 0 heterocycles. The molecule has 0 aliphatic heterocycles. The minimum absolute atomic E-state index is 0.0289. The number of nitrogens with zero attached hydrogens (tertiary/aromatic N) is 1. The molecule has 8 nitrogen and oxygen atoms in total. The van der Waals surface area contributed by atoms with Crippen molar-refractivity contribution in [1.82, 2.24) is 10.2 Å². The number of benzene rings is 1. The van der Waals surface area contributed by atoms with Gasteiger partial charge < -0.3 is 14.6 Å². The first-order chi connectivity index (χ1) is 12.3. The third kappa shape index (κ3) is 8.44. The lowest BCUT2D eigenvalue weighted by atomic mass is 10.1. The van der Waals surface area contributed by atoms with Crippen LogP contribution in [0.25, 0.3) is 0 Å². The molecule has 0 aliphatic carbocycles. The Balaban J connectivity index is 2.89. The molecule has 8 heteroatoms. The van der Waals surface area contributed by atoms with Crippen molar-refractivity contribution in [3.8, 4) is 5.75 Å². The summed E-state index contributed by atoms with van der Waals surface area (Å²) in [5.74, 6) is -0.373. The van der Waals surface area contributed by atoms with Gasteiger partial charge in [0.15, 0.2) is 0 Å². The Morgan fingerprint density at radius 3 is 2.15 bits per heavy atom. The van der Waals surface area contributed by atoms with E-state index in [1.54, 1.807) is 59.7 Å². The second-order valence-electron chi connectivity index (χ2n) is 7.99. The lowest BCUT2D eigenvalue weighted by molar-refractivity contribution is 0.0358. The summed E-state index contributed by atoms with van der Waals surface area (Å²) in [4.78, 5) is 25.4. The Morgan fingerprint density at radius 2 is 1.63 bits per heavy atom. The molecule has 0 unspecified atom stereocenters. The molecule has 1 aromatic rings. The number of ether oxygens (including phenoxy) is 2. The highest BCUT2D eigenvalue weighted by Crippen LogP contribution is 2.17. The van der Waals surface area contributed by atoms with Gasteiger partial charge in [-0.25, -0.2) is 14.5 Å². The fourth-order valence-corrected chi connectivity index (χ4v) is 2.03. The number of phenols is 1. The molecular weight excluding hydrogens is 350 g/mol. The summed E-state index contributed by atoms with van der Waals surface area (Å²) in [6.07, 6.45) is -1.35. The highest BCUT2D eigenvalue weighted by Gasteiger charge is 2.27. The van der Waals surface area contributed by atoms with E-state index >= 15 is 0 Å². The van der Waals surface area contributed by atoms with Gasteiger partial charge in [0, 0.05) is 6.54 Å². The average molecular weight is 379 g/mol. The zero-order valence-corrected chi connectivity index (χ0v) is 16.8. The van der Waals surface area contributed by atoms with Crippen LogP contribution in [-0.4, -0.2) is 45.9 Å². The molecule has 27 heavy (non-hydrogen) atoms. The SMILES string of the molecule is CC(C)(C)OC(=O)NC(=N)N(CCc1ccccc1O)C(=O)OC(C)(C)C. The number of guanidine groups is 1. The molecule has 0 spiro atoms.